The third kappa shape index (κ3) is 5.16. The van der Waals surface area contributed by atoms with Gasteiger partial charge in [0.1, 0.15) is 0 Å². The van der Waals surface area contributed by atoms with Crippen LogP contribution in [0.2, 0.25) is 0 Å². The van der Waals surface area contributed by atoms with Gasteiger partial charge in [-0.15, -0.1) is 12.4 Å². The Morgan fingerprint density at radius 3 is 2.74 bits per heavy atom. The van der Waals surface area contributed by atoms with Gasteiger partial charge in [0.15, 0.2) is 0 Å². The average molecular weight is 307 g/mol. The van der Waals surface area contributed by atoms with Crippen molar-refractivity contribution < 1.29 is 4.79 Å². The van der Waals surface area contributed by atoms with Crippen molar-refractivity contribution in [1.29, 1.82) is 0 Å². The molecule has 2 atom stereocenters. The van der Waals surface area contributed by atoms with Crippen LogP contribution in [0.5, 0.6) is 0 Å². The number of rotatable bonds is 3. The molecule has 2 aliphatic heterocycles. The van der Waals surface area contributed by atoms with Crippen molar-refractivity contribution in [3.63, 3.8) is 0 Å². The zero-order chi connectivity index (χ0) is 12.8. The van der Waals surface area contributed by atoms with E-state index in [1.807, 2.05) is 11.8 Å². The largest absolute Gasteiger partial charge is 0.340 e. The number of carbonyl (C=O) groups is 1. The second-order valence-corrected chi connectivity index (χ2v) is 6.94. The molecule has 1 N–H and O–H groups in total. The quantitative estimate of drug-likeness (QED) is 0.870. The molecule has 2 heterocycles. The van der Waals surface area contributed by atoms with Gasteiger partial charge in [-0.25, -0.2) is 0 Å². The van der Waals surface area contributed by atoms with Crippen molar-refractivity contribution in [1.82, 2.24) is 10.2 Å². The van der Waals surface area contributed by atoms with Gasteiger partial charge in [-0.3, -0.25) is 4.79 Å². The minimum absolute atomic E-state index is 0. The van der Waals surface area contributed by atoms with Gasteiger partial charge in [-0.1, -0.05) is 19.8 Å². The van der Waals surface area contributed by atoms with Gasteiger partial charge in [0.25, 0.3) is 0 Å². The third-order valence-corrected chi connectivity index (χ3v) is 5.14. The van der Waals surface area contributed by atoms with Crippen molar-refractivity contribution in [2.45, 2.75) is 56.7 Å². The summed E-state index contributed by atoms with van der Waals surface area (Å²) < 4.78 is 0. The number of nitrogens with one attached hydrogen (secondary N) is 1. The summed E-state index contributed by atoms with van der Waals surface area (Å²) in [7, 11) is 0. The first-order chi connectivity index (χ1) is 8.81. The Bertz CT molecular complexity index is 272. The lowest BCUT2D eigenvalue weighted by atomic mass is 10.0. The lowest BCUT2D eigenvalue weighted by Crippen LogP contribution is -2.49. The van der Waals surface area contributed by atoms with Gasteiger partial charge in [-0.05, 0) is 38.0 Å². The standard InChI is InChI=1S/C14H26N2OS.ClH/c1-2-18-12-7-4-6-10-16(11-12)14(17)13-8-3-5-9-15-13;/h12-13,15H,2-11H2,1H3;1H. The Balaban J connectivity index is 0.00000180. The molecule has 0 aromatic heterocycles. The van der Waals surface area contributed by atoms with Crippen molar-refractivity contribution in [3.05, 3.63) is 0 Å². The topological polar surface area (TPSA) is 32.3 Å². The molecule has 0 aliphatic carbocycles. The summed E-state index contributed by atoms with van der Waals surface area (Å²) in [4.78, 5) is 14.6. The molecular weight excluding hydrogens is 280 g/mol. The number of likely N-dealkylation sites (tertiary alicyclic amines) is 1. The van der Waals surface area contributed by atoms with Crippen LogP contribution >= 0.6 is 24.2 Å². The van der Waals surface area contributed by atoms with Crippen LogP contribution in [0.25, 0.3) is 0 Å². The van der Waals surface area contributed by atoms with Crippen LogP contribution in [-0.4, -0.2) is 47.5 Å². The third-order valence-electron chi connectivity index (χ3n) is 3.95. The molecule has 5 heteroatoms. The van der Waals surface area contributed by atoms with Gasteiger partial charge in [0.05, 0.1) is 6.04 Å². The Morgan fingerprint density at radius 1 is 1.26 bits per heavy atom. The van der Waals surface area contributed by atoms with Crippen LogP contribution in [0.3, 0.4) is 0 Å². The molecule has 1 amide bonds. The number of hydrogen-bond acceptors (Lipinski definition) is 3. The lowest BCUT2D eigenvalue weighted by Gasteiger charge is -2.30. The van der Waals surface area contributed by atoms with Gasteiger partial charge in [0, 0.05) is 18.3 Å². The molecule has 0 bridgehead atoms. The molecule has 0 aromatic rings. The highest BCUT2D eigenvalue weighted by Gasteiger charge is 2.28. The SMILES string of the molecule is CCSC1CCCCN(C(=O)C2CCCCN2)C1.Cl. The van der Waals surface area contributed by atoms with E-state index in [1.54, 1.807) is 0 Å². The monoisotopic (exact) mass is 306 g/mol. The Morgan fingerprint density at radius 2 is 2.05 bits per heavy atom. The number of nitrogens with zero attached hydrogens (tertiary/aromatic N) is 1. The second-order valence-electron chi connectivity index (χ2n) is 5.36. The lowest BCUT2D eigenvalue weighted by molar-refractivity contribution is -0.133. The van der Waals surface area contributed by atoms with Gasteiger partial charge >= 0.3 is 0 Å². The Hall–Kier alpha value is 0.0700. The molecule has 2 aliphatic rings. The maximum absolute atomic E-state index is 12.5. The number of hydrogen-bond donors (Lipinski definition) is 1. The van der Waals surface area contributed by atoms with E-state index in [0.29, 0.717) is 11.2 Å². The highest BCUT2D eigenvalue weighted by Crippen LogP contribution is 2.23. The second kappa shape index (κ2) is 9.09. The molecular formula is C14H27ClN2OS. The number of thioether (sulfide) groups is 1. The van der Waals surface area contributed by atoms with Crippen molar-refractivity contribution >= 4 is 30.1 Å². The van der Waals surface area contributed by atoms with Crippen molar-refractivity contribution in [2.75, 3.05) is 25.4 Å². The number of piperidine rings is 1. The minimum Gasteiger partial charge on any atom is -0.340 e. The summed E-state index contributed by atoms with van der Waals surface area (Å²) in [6.07, 6.45) is 7.18. The van der Waals surface area contributed by atoms with Crippen LogP contribution in [-0.2, 0) is 4.79 Å². The molecule has 2 rings (SSSR count). The molecule has 2 unspecified atom stereocenters. The number of carbonyl (C=O) groups excluding carboxylic acids is 1. The highest BCUT2D eigenvalue weighted by atomic mass is 35.5. The van der Waals surface area contributed by atoms with Gasteiger partial charge in [-0.2, -0.15) is 11.8 Å². The van der Waals surface area contributed by atoms with Crippen LogP contribution in [0.1, 0.15) is 45.4 Å². The number of halogens is 1. The van der Waals surface area contributed by atoms with Crippen LogP contribution < -0.4 is 5.32 Å². The maximum atomic E-state index is 12.5. The number of amides is 1. The fourth-order valence-corrected chi connectivity index (χ4v) is 4.05. The van der Waals surface area contributed by atoms with Crippen LogP contribution in [0, 0.1) is 0 Å². The maximum Gasteiger partial charge on any atom is 0.239 e. The molecule has 3 nitrogen and oxygen atoms in total. The molecule has 112 valence electrons. The van der Waals surface area contributed by atoms with E-state index in [1.165, 1.54) is 32.1 Å². The van der Waals surface area contributed by atoms with E-state index in [4.69, 9.17) is 0 Å². The van der Waals surface area contributed by atoms with E-state index in [9.17, 15) is 4.79 Å². The predicted octanol–water partition coefficient (Wildman–Crippen LogP) is 2.68. The van der Waals surface area contributed by atoms with Crippen LogP contribution in [0.15, 0.2) is 0 Å². The van der Waals surface area contributed by atoms with E-state index < -0.39 is 0 Å². The molecule has 0 aromatic carbocycles. The smallest absolute Gasteiger partial charge is 0.239 e. The molecule has 2 saturated heterocycles. The molecule has 0 radical (unpaired) electrons. The minimum atomic E-state index is 0. The summed E-state index contributed by atoms with van der Waals surface area (Å²) in [5, 5.41) is 4.04. The molecule has 0 saturated carbocycles. The predicted molar refractivity (Wildman–Crippen MR) is 85.2 cm³/mol. The summed E-state index contributed by atoms with van der Waals surface area (Å²) >= 11 is 2.02. The molecule has 2 fully saturated rings. The summed E-state index contributed by atoms with van der Waals surface area (Å²) in [5.41, 5.74) is 0. The average Bonchev–Trinajstić information content (AvgIpc) is 2.65. The van der Waals surface area contributed by atoms with Crippen molar-refractivity contribution in [3.8, 4) is 0 Å². The fraction of sp³-hybridized carbons (Fsp3) is 0.929. The van der Waals surface area contributed by atoms with Crippen LogP contribution in [0.4, 0.5) is 0 Å². The van der Waals surface area contributed by atoms with Gasteiger partial charge in [0.2, 0.25) is 5.91 Å². The first-order valence-corrected chi connectivity index (χ1v) is 8.50. The molecule has 0 spiro atoms. The van der Waals surface area contributed by atoms with E-state index in [0.717, 1.165) is 31.8 Å². The zero-order valence-electron chi connectivity index (χ0n) is 11.9. The van der Waals surface area contributed by atoms with E-state index in [-0.39, 0.29) is 18.4 Å². The van der Waals surface area contributed by atoms with E-state index >= 15 is 0 Å². The van der Waals surface area contributed by atoms with Gasteiger partial charge < -0.3 is 10.2 Å². The molecule has 19 heavy (non-hydrogen) atoms. The first-order valence-electron chi connectivity index (χ1n) is 7.45. The highest BCUT2D eigenvalue weighted by molar-refractivity contribution is 7.99. The Labute approximate surface area is 127 Å². The fourth-order valence-electron chi connectivity index (χ4n) is 2.96. The normalized spacial score (nSPS) is 28.4. The van der Waals surface area contributed by atoms with E-state index in [2.05, 4.69) is 17.1 Å². The Kier molecular flexibility index (Phi) is 8.19. The first kappa shape index (κ1) is 17.1. The summed E-state index contributed by atoms with van der Waals surface area (Å²) in [5.74, 6) is 1.52. The summed E-state index contributed by atoms with van der Waals surface area (Å²) in [6, 6.07) is 0.101. The van der Waals surface area contributed by atoms with Crippen molar-refractivity contribution in [2.24, 2.45) is 0 Å². The zero-order valence-corrected chi connectivity index (χ0v) is 13.5. The summed E-state index contributed by atoms with van der Waals surface area (Å²) in [6.45, 7) is 5.16.